The van der Waals surface area contributed by atoms with Crippen molar-refractivity contribution in [1.29, 1.82) is 0 Å². The summed E-state index contributed by atoms with van der Waals surface area (Å²) in [6.07, 6.45) is 4.23. The number of aryl methyl sites for hydroxylation is 1. The van der Waals surface area contributed by atoms with Crippen LogP contribution in [0.3, 0.4) is 0 Å². The van der Waals surface area contributed by atoms with Crippen LogP contribution in [-0.4, -0.2) is 40.0 Å². The fraction of sp³-hybridized carbons (Fsp3) is 0.692. The van der Waals surface area contributed by atoms with Gasteiger partial charge in [0.05, 0.1) is 6.54 Å². The zero-order chi connectivity index (χ0) is 13.0. The maximum Gasteiger partial charge on any atom is 0.251 e. The number of hydrogen-bond acceptors (Lipinski definition) is 4. The molecule has 2 heterocycles. The summed E-state index contributed by atoms with van der Waals surface area (Å²) < 4.78 is 0. The van der Waals surface area contributed by atoms with Gasteiger partial charge in [0, 0.05) is 18.3 Å². The summed E-state index contributed by atoms with van der Waals surface area (Å²) in [7, 11) is 0. The molecule has 1 aliphatic heterocycles. The van der Waals surface area contributed by atoms with Crippen molar-refractivity contribution in [3.8, 4) is 0 Å². The summed E-state index contributed by atoms with van der Waals surface area (Å²) in [5.41, 5.74) is 0.852. The van der Waals surface area contributed by atoms with Gasteiger partial charge in [0.1, 0.15) is 5.82 Å². The first-order valence-corrected chi connectivity index (χ1v) is 7.91. The predicted molar refractivity (Wildman–Crippen MR) is 76.0 cm³/mol. The van der Waals surface area contributed by atoms with E-state index in [0.29, 0.717) is 0 Å². The summed E-state index contributed by atoms with van der Waals surface area (Å²) >= 11 is 1.92. The lowest BCUT2D eigenvalue weighted by Gasteiger charge is -2.15. The summed E-state index contributed by atoms with van der Waals surface area (Å²) in [6.45, 7) is 5.04. The number of nitrogens with zero attached hydrogens (tertiary/aromatic N) is 2. The fourth-order valence-electron chi connectivity index (χ4n) is 2.46. The molecule has 2 rings (SSSR count). The third-order valence-electron chi connectivity index (χ3n) is 3.35. The molecule has 1 aromatic heterocycles. The Kier molecular flexibility index (Phi) is 4.83. The second kappa shape index (κ2) is 6.38. The first kappa shape index (κ1) is 13.6. The van der Waals surface area contributed by atoms with Crippen LogP contribution in [0.4, 0.5) is 0 Å². The molecule has 0 spiro atoms. The van der Waals surface area contributed by atoms with Crippen LogP contribution in [0.5, 0.6) is 0 Å². The van der Waals surface area contributed by atoms with Crippen molar-refractivity contribution in [2.75, 3.05) is 25.1 Å². The standard InChI is InChI=1S/C13H21N3OS/c1-3-11-6-13(17)15-12(14-11)8-16-5-4-10(7-16)9-18-2/h6,10H,3-5,7-9H2,1-2H3,(H,14,15,17)/t10-/m0/s1. The molecule has 0 aliphatic carbocycles. The molecular weight excluding hydrogens is 246 g/mol. The molecule has 1 aromatic rings. The molecular formula is C13H21N3OS. The van der Waals surface area contributed by atoms with Crippen LogP contribution in [0.2, 0.25) is 0 Å². The third kappa shape index (κ3) is 3.59. The molecule has 1 N–H and O–H groups in total. The molecule has 1 aliphatic rings. The van der Waals surface area contributed by atoms with Crippen LogP contribution in [0, 0.1) is 5.92 Å². The number of thioether (sulfide) groups is 1. The van der Waals surface area contributed by atoms with Crippen LogP contribution in [0.1, 0.15) is 24.9 Å². The minimum atomic E-state index is -0.0308. The van der Waals surface area contributed by atoms with Gasteiger partial charge in [-0.25, -0.2) is 4.98 Å². The second-order valence-corrected chi connectivity index (χ2v) is 5.79. The molecule has 4 nitrogen and oxygen atoms in total. The number of aromatic nitrogens is 2. The van der Waals surface area contributed by atoms with E-state index in [-0.39, 0.29) is 5.56 Å². The van der Waals surface area contributed by atoms with Crippen LogP contribution < -0.4 is 5.56 Å². The van der Waals surface area contributed by atoms with Gasteiger partial charge >= 0.3 is 0 Å². The summed E-state index contributed by atoms with van der Waals surface area (Å²) in [4.78, 5) is 21.2. The summed E-state index contributed by atoms with van der Waals surface area (Å²) in [5.74, 6) is 2.83. The van der Waals surface area contributed by atoms with E-state index in [1.54, 1.807) is 6.07 Å². The van der Waals surface area contributed by atoms with Crippen molar-refractivity contribution in [1.82, 2.24) is 14.9 Å². The molecule has 0 bridgehead atoms. The molecule has 0 aromatic carbocycles. The normalized spacial score (nSPS) is 20.4. The third-order valence-corrected chi connectivity index (χ3v) is 4.16. The average molecular weight is 267 g/mol. The monoisotopic (exact) mass is 267 g/mol. The van der Waals surface area contributed by atoms with E-state index in [0.717, 1.165) is 43.5 Å². The lowest BCUT2D eigenvalue weighted by Crippen LogP contribution is -2.24. The molecule has 0 amide bonds. The van der Waals surface area contributed by atoms with E-state index in [4.69, 9.17) is 0 Å². The van der Waals surface area contributed by atoms with E-state index in [1.165, 1.54) is 12.2 Å². The van der Waals surface area contributed by atoms with Crippen LogP contribution >= 0.6 is 11.8 Å². The maximum absolute atomic E-state index is 11.5. The van der Waals surface area contributed by atoms with Gasteiger partial charge in [-0.2, -0.15) is 11.8 Å². The Bertz CT molecular complexity index is 446. The molecule has 0 saturated carbocycles. The zero-order valence-electron chi connectivity index (χ0n) is 11.1. The first-order chi connectivity index (χ1) is 8.71. The van der Waals surface area contributed by atoms with Crippen molar-refractivity contribution in [2.45, 2.75) is 26.3 Å². The molecule has 1 fully saturated rings. The quantitative estimate of drug-likeness (QED) is 0.878. The van der Waals surface area contributed by atoms with Gasteiger partial charge in [-0.1, -0.05) is 6.92 Å². The molecule has 0 unspecified atom stereocenters. The Balaban J connectivity index is 1.98. The highest BCUT2D eigenvalue weighted by Crippen LogP contribution is 2.20. The highest BCUT2D eigenvalue weighted by atomic mass is 32.2. The fourth-order valence-corrected chi connectivity index (χ4v) is 3.20. The Morgan fingerprint density at radius 2 is 2.44 bits per heavy atom. The Hall–Kier alpha value is -0.810. The Morgan fingerprint density at radius 3 is 3.17 bits per heavy atom. The number of H-pyrrole nitrogens is 1. The SMILES string of the molecule is CCc1cc(=O)[nH]c(CN2CC[C@H](CSC)C2)n1. The molecule has 1 atom stereocenters. The van der Waals surface area contributed by atoms with Gasteiger partial charge < -0.3 is 4.98 Å². The van der Waals surface area contributed by atoms with Gasteiger partial charge in [-0.05, 0) is 37.3 Å². The van der Waals surface area contributed by atoms with Gasteiger partial charge in [0.2, 0.25) is 0 Å². The number of nitrogens with one attached hydrogen (secondary N) is 1. The Morgan fingerprint density at radius 1 is 1.61 bits per heavy atom. The van der Waals surface area contributed by atoms with Crippen LogP contribution in [-0.2, 0) is 13.0 Å². The highest BCUT2D eigenvalue weighted by Gasteiger charge is 2.22. The molecule has 18 heavy (non-hydrogen) atoms. The van der Waals surface area contributed by atoms with Crippen molar-refractivity contribution in [2.24, 2.45) is 5.92 Å². The topological polar surface area (TPSA) is 49.0 Å². The maximum atomic E-state index is 11.5. The van der Waals surface area contributed by atoms with Gasteiger partial charge in [-0.3, -0.25) is 9.69 Å². The predicted octanol–water partition coefficient (Wildman–Crippen LogP) is 1.52. The van der Waals surface area contributed by atoms with Crippen molar-refractivity contribution < 1.29 is 0 Å². The van der Waals surface area contributed by atoms with Gasteiger partial charge in [0.15, 0.2) is 0 Å². The number of aromatic amines is 1. The zero-order valence-corrected chi connectivity index (χ0v) is 11.9. The Labute approximate surface area is 112 Å². The molecule has 1 saturated heterocycles. The highest BCUT2D eigenvalue weighted by molar-refractivity contribution is 7.98. The van der Waals surface area contributed by atoms with E-state index >= 15 is 0 Å². The summed E-state index contributed by atoms with van der Waals surface area (Å²) in [5, 5.41) is 0. The lowest BCUT2D eigenvalue weighted by molar-refractivity contribution is 0.312. The average Bonchev–Trinajstić information content (AvgIpc) is 2.76. The van der Waals surface area contributed by atoms with E-state index in [2.05, 4.69) is 21.1 Å². The van der Waals surface area contributed by atoms with Crippen molar-refractivity contribution in [3.05, 3.63) is 27.9 Å². The van der Waals surface area contributed by atoms with Gasteiger partial charge in [0.25, 0.3) is 5.56 Å². The van der Waals surface area contributed by atoms with Crippen LogP contribution in [0.15, 0.2) is 10.9 Å². The minimum absolute atomic E-state index is 0.0308. The van der Waals surface area contributed by atoms with E-state index in [9.17, 15) is 4.79 Å². The van der Waals surface area contributed by atoms with Crippen molar-refractivity contribution in [3.63, 3.8) is 0 Å². The molecule has 0 radical (unpaired) electrons. The summed E-state index contributed by atoms with van der Waals surface area (Å²) in [6, 6.07) is 1.59. The first-order valence-electron chi connectivity index (χ1n) is 6.51. The van der Waals surface area contributed by atoms with E-state index in [1.807, 2.05) is 18.7 Å². The van der Waals surface area contributed by atoms with Crippen molar-refractivity contribution >= 4 is 11.8 Å². The minimum Gasteiger partial charge on any atom is -0.309 e. The second-order valence-electron chi connectivity index (χ2n) is 4.88. The van der Waals surface area contributed by atoms with E-state index < -0.39 is 0 Å². The lowest BCUT2D eigenvalue weighted by atomic mass is 10.2. The molecule has 100 valence electrons. The molecule has 5 heteroatoms. The van der Waals surface area contributed by atoms with Crippen LogP contribution in [0.25, 0.3) is 0 Å². The number of hydrogen-bond donors (Lipinski definition) is 1. The van der Waals surface area contributed by atoms with Gasteiger partial charge in [-0.15, -0.1) is 0 Å². The number of likely N-dealkylation sites (tertiary alicyclic amines) is 1. The largest absolute Gasteiger partial charge is 0.309 e. The smallest absolute Gasteiger partial charge is 0.251 e. The number of rotatable bonds is 5.